The fraction of sp³-hybridized carbons (Fsp3) is 0.368. The van der Waals surface area contributed by atoms with E-state index in [0.29, 0.717) is 6.04 Å². The average molecular weight is 338 g/mol. The molecule has 0 saturated carbocycles. The van der Waals surface area contributed by atoms with Crippen molar-refractivity contribution in [2.75, 3.05) is 17.3 Å². The number of hydrogen-bond acceptors (Lipinski definition) is 5. The van der Waals surface area contributed by atoms with E-state index in [1.54, 1.807) is 0 Å². The summed E-state index contributed by atoms with van der Waals surface area (Å²) in [7, 11) is 0. The maximum Gasteiger partial charge on any atom is 0.133 e. The molecule has 1 saturated heterocycles. The van der Waals surface area contributed by atoms with Crippen LogP contribution < -0.4 is 4.90 Å². The predicted octanol–water partition coefficient (Wildman–Crippen LogP) is 3.97. The van der Waals surface area contributed by atoms with Crippen LogP contribution in [0.25, 0.3) is 4.91 Å². The Hall–Kier alpha value is -1.85. The maximum absolute atomic E-state index is 4.58. The van der Waals surface area contributed by atoms with Gasteiger partial charge in [0.15, 0.2) is 0 Å². The molecule has 0 amide bonds. The van der Waals surface area contributed by atoms with E-state index in [2.05, 4.69) is 57.2 Å². The molecular formula is C19H22N4S. The molecular weight excluding hydrogens is 316 g/mol. The van der Waals surface area contributed by atoms with E-state index in [1.807, 2.05) is 30.4 Å². The molecule has 0 radical (unpaired) electrons. The first-order chi connectivity index (χ1) is 11.8. The van der Waals surface area contributed by atoms with Gasteiger partial charge in [0.05, 0.1) is 5.88 Å². The molecule has 4 rings (SSSR count). The van der Waals surface area contributed by atoms with Crippen molar-refractivity contribution >= 4 is 22.5 Å². The van der Waals surface area contributed by atoms with Gasteiger partial charge in [-0.3, -0.25) is 9.88 Å². The van der Waals surface area contributed by atoms with Gasteiger partial charge in [-0.15, -0.1) is 11.8 Å². The molecule has 2 aliphatic rings. The summed E-state index contributed by atoms with van der Waals surface area (Å²) >= 11 is 1.85. The lowest BCUT2D eigenvalue weighted by Gasteiger charge is -2.21. The Morgan fingerprint density at radius 3 is 2.88 bits per heavy atom. The van der Waals surface area contributed by atoms with Crippen molar-refractivity contribution < 1.29 is 0 Å². The number of likely N-dealkylation sites (tertiary alicyclic amines) is 1. The van der Waals surface area contributed by atoms with Crippen LogP contribution in [-0.4, -0.2) is 33.3 Å². The van der Waals surface area contributed by atoms with Gasteiger partial charge in [0.2, 0.25) is 0 Å². The van der Waals surface area contributed by atoms with E-state index in [4.69, 9.17) is 0 Å². The third-order valence-corrected chi connectivity index (χ3v) is 5.84. The number of rotatable bonds is 4. The van der Waals surface area contributed by atoms with E-state index in [9.17, 15) is 0 Å². The second kappa shape index (κ2) is 6.95. The largest absolute Gasteiger partial charge is 0.322 e. The minimum Gasteiger partial charge on any atom is -0.322 e. The highest BCUT2D eigenvalue weighted by Gasteiger charge is 2.21. The predicted molar refractivity (Wildman–Crippen MR) is 100 cm³/mol. The quantitative estimate of drug-likeness (QED) is 0.842. The van der Waals surface area contributed by atoms with Crippen molar-refractivity contribution in [1.29, 1.82) is 0 Å². The van der Waals surface area contributed by atoms with Gasteiger partial charge in [0.1, 0.15) is 5.82 Å². The summed E-state index contributed by atoms with van der Waals surface area (Å²) in [5.41, 5.74) is 2.57. The first-order valence-corrected chi connectivity index (χ1v) is 9.49. The second-order valence-corrected chi connectivity index (χ2v) is 7.44. The highest BCUT2D eigenvalue weighted by atomic mass is 32.2. The van der Waals surface area contributed by atoms with Crippen molar-refractivity contribution in [2.45, 2.75) is 32.4 Å². The third-order valence-electron chi connectivity index (χ3n) is 4.78. The third kappa shape index (κ3) is 3.32. The lowest BCUT2D eigenvalue weighted by Crippen LogP contribution is -2.26. The van der Waals surface area contributed by atoms with Crippen molar-refractivity contribution in [3.05, 3.63) is 60.2 Å². The van der Waals surface area contributed by atoms with Gasteiger partial charge >= 0.3 is 0 Å². The molecule has 0 bridgehead atoms. The van der Waals surface area contributed by atoms with Gasteiger partial charge in [-0.05, 0) is 61.7 Å². The number of thioether (sulfide) groups is 1. The van der Waals surface area contributed by atoms with E-state index in [0.717, 1.165) is 18.2 Å². The molecule has 0 spiro atoms. The SMILES string of the molecule is CC1CCCN1Cc1ccnc(N2C=C(c3ccncc3)SC2)c1. The van der Waals surface area contributed by atoms with E-state index in [1.165, 1.54) is 35.4 Å². The number of nitrogens with zero attached hydrogens (tertiary/aromatic N) is 4. The summed E-state index contributed by atoms with van der Waals surface area (Å²) in [6.45, 7) is 4.57. The summed E-state index contributed by atoms with van der Waals surface area (Å²) < 4.78 is 0. The molecule has 0 N–H and O–H groups in total. The molecule has 0 aromatic carbocycles. The second-order valence-electron chi connectivity index (χ2n) is 6.46. The topological polar surface area (TPSA) is 32.3 Å². The van der Waals surface area contributed by atoms with Gasteiger partial charge in [0, 0.05) is 42.3 Å². The van der Waals surface area contributed by atoms with Crippen molar-refractivity contribution in [3.63, 3.8) is 0 Å². The molecule has 5 heteroatoms. The highest BCUT2D eigenvalue weighted by molar-refractivity contribution is 8.08. The van der Waals surface area contributed by atoms with E-state index >= 15 is 0 Å². The Kier molecular flexibility index (Phi) is 4.54. The Bertz CT molecular complexity index is 731. The normalized spacial score (nSPS) is 21.3. The van der Waals surface area contributed by atoms with Crippen LogP contribution in [-0.2, 0) is 6.54 Å². The Morgan fingerprint density at radius 1 is 1.21 bits per heavy atom. The summed E-state index contributed by atoms with van der Waals surface area (Å²) in [5, 5.41) is 0. The summed E-state index contributed by atoms with van der Waals surface area (Å²) in [4.78, 5) is 14.7. The number of hydrogen-bond donors (Lipinski definition) is 0. The van der Waals surface area contributed by atoms with E-state index in [-0.39, 0.29) is 0 Å². The lowest BCUT2D eigenvalue weighted by atomic mass is 10.2. The Labute approximate surface area is 147 Å². The fourth-order valence-electron chi connectivity index (χ4n) is 3.34. The molecule has 124 valence electrons. The van der Waals surface area contributed by atoms with Crippen molar-refractivity contribution in [2.24, 2.45) is 0 Å². The zero-order valence-electron chi connectivity index (χ0n) is 13.9. The minimum atomic E-state index is 0.696. The van der Waals surface area contributed by atoms with Crippen LogP contribution in [0.5, 0.6) is 0 Å². The van der Waals surface area contributed by atoms with Gasteiger partial charge in [-0.25, -0.2) is 4.98 Å². The summed E-state index contributed by atoms with van der Waals surface area (Å²) in [5.74, 6) is 1.95. The minimum absolute atomic E-state index is 0.696. The smallest absolute Gasteiger partial charge is 0.133 e. The van der Waals surface area contributed by atoms with Crippen LogP contribution in [0, 0.1) is 0 Å². The molecule has 2 aliphatic heterocycles. The Morgan fingerprint density at radius 2 is 2.08 bits per heavy atom. The molecule has 1 fully saturated rings. The van der Waals surface area contributed by atoms with Crippen LogP contribution in [0.2, 0.25) is 0 Å². The first kappa shape index (κ1) is 15.7. The fourth-order valence-corrected chi connectivity index (χ4v) is 4.33. The molecule has 24 heavy (non-hydrogen) atoms. The maximum atomic E-state index is 4.58. The van der Waals surface area contributed by atoms with Crippen molar-refractivity contribution in [3.8, 4) is 0 Å². The molecule has 2 aromatic heterocycles. The number of aromatic nitrogens is 2. The Balaban J connectivity index is 1.51. The van der Waals surface area contributed by atoms with Gasteiger partial charge in [-0.1, -0.05) is 0 Å². The lowest BCUT2D eigenvalue weighted by molar-refractivity contribution is 0.260. The molecule has 1 atom stereocenters. The van der Waals surface area contributed by atoms with Crippen LogP contribution in [0.3, 0.4) is 0 Å². The van der Waals surface area contributed by atoms with Crippen LogP contribution in [0.4, 0.5) is 5.82 Å². The zero-order valence-corrected chi connectivity index (χ0v) is 14.7. The molecule has 1 unspecified atom stereocenters. The van der Waals surface area contributed by atoms with Crippen LogP contribution >= 0.6 is 11.8 Å². The molecule has 2 aromatic rings. The van der Waals surface area contributed by atoms with Gasteiger partial charge in [-0.2, -0.15) is 0 Å². The monoisotopic (exact) mass is 338 g/mol. The van der Waals surface area contributed by atoms with Gasteiger partial charge < -0.3 is 4.90 Å². The van der Waals surface area contributed by atoms with Crippen molar-refractivity contribution in [1.82, 2.24) is 14.9 Å². The summed E-state index contributed by atoms with van der Waals surface area (Å²) in [6.07, 6.45) is 10.5. The standard InChI is InChI=1S/C19H22N4S/c1-15-3-2-10-22(15)12-16-4-9-21-19(11-16)23-13-18(24-14-23)17-5-7-20-8-6-17/h4-9,11,13,15H,2-3,10,12,14H2,1H3. The zero-order chi connectivity index (χ0) is 16.4. The number of pyridine rings is 2. The summed E-state index contributed by atoms with van der Waals surface area (Å²) in [6, 6.07) is 9.19. The molecule has 4 heterocycles. The average Bonchev–Trinajstić information content (AvgIpc) is 3.26. The van der Waals surface area contributed by atoms with Gasteiger partial charge in [0.25, 0.3) is 0 Å². The molecule has 0 aliphatic carbocycles. The van der Waals surface area contributed by atoms with Crippen LogP contribution in [0.1, 0.15) is 30.9 Å². The van der Waals surface area contributed by atoms with Crippen LogP contribution in [0.15, 0.2) is 49.1 Å². The highest BCUT2D eigenvalue weighted by Crippen LogP contribution is 2.36. The molecule has 4 nitrogen and oxygen atoms in total. The first-order valence-electron chi connectivity index (χ1n) is 8.50. The number of anilines is 1. The van der Waals surface area contributed by atoms with E-state index < -0.39 is 0 Å².